The first-order valence-electron chi connectivity index (χ1n) is 4.72. The summed E-state index contributed by atoms with van der Waals surface area (Å²) in [6.07, 6.45) is 0. The van der Waals surface area contributed by atoms with Gasteiger partial charge in [-0.1, -0.05) is 0 Å². The van der Waals surface area contributed by atoms with Crippen LogP contribution in [0.25, 0.3) is 0 Å². The van der Waals surface area contributed by atoms with Crippen molar-refractivity contribution >= 4 is 23.4 Å². The Kier molecular flexibility index (Phi) is 3.92. The highest BCUT2D eigenvalue weighted by molar-refractivity contribution is 6.35. The van der Waals surface area contributed by atoms with E-state index in [4.69, 9.17) is 16.9 Å². The first-order chi connectivity index (χ1) is 7.10. The SMILES string of the molecule is CCN1CCN(CC(Cl)C#N)C(=O)C1=O. The van der Waals surface area contributed by atoms with Gasteiger partial charge >= 0.3 is 11.8 Å². The lowest BCUT2D eigenvalue weighted by Crippen LogP contribution is -2.55. The molecule has 1 heterocycles. The Morgan fingerprint density at radius 1 is 1.40 bits per heavy atom. The number of hydrogen-bond donors (Lipinski definition) is 0. The lowest BCUT2D eigenvalue weighted by molar-refractivity contribution is -0.155. The van der Waals surface area contributed by atoms with Gasteiger partial charge in [0.2, 0.25) is 0 Å². The summed E-state index contributed by atoms with van der Waals surface area (Å²) in [5, 5.41) is 7.75. The molecule has 1 aliphatic rings. The summed E-state index contributed by atoms with van der Waals surface area (Å²) in [7, 11) is 0. The van der Waals surface area contributed by atoms with E-state index in [1.807, 2.05) is 13.0 Å². The largest absolute Gasteiger partial charge is 0.333 e. The molecule has 5 nitrogen and oxygen atoms in total. The molecule has 1 saturated heterocycles. The van der Waals surface area contributed by atoms with Gasteiger partial charge in [-0.3, -0.25) is 9.59 Å². The quantitative estimate of drug-likeness (QED) is 0.498. The van der Waals surface area contributed by atoms with Crippen LogP contribution in [0.2, 0.25) is 0 Å². The number of hydrogen-bond acceptors (Lipinski definition) is 3. The van der Waals surface area contributed by atoms with Gasteiger partial charge in [0.05, 0.1) is 12.6 Å². The molecular weight excluding hydrogens is 218 g/mol. The summed E-state index contributed by atoms with van der Waals surface area (Å²) in [6, 6.07) is 1.82. The fourth-order valence-corrected chi connectivity index (χ4v) is 1.59. The summed E-state index contributed by atoms with van der Waals surface area (Å²) < 4.78 is 0. The van der Waals surface area contributed by atoms with Crippen molar-refractivity contribution in [3.63, 3.8) is 0 Å². The molecule has 1 fully saturated rings. The van der Waals surface area contributed by atoms with Gasteiger partial charge in [0.25, 0.3) is 0 Å². The van der Waals surface area contributed by atoms with Crippen molar-refractivity contribution < 1.29 is 9.59 Å². The molecule has 1 aliphatic heterocycles. The monoisotopic (exact) mass is 229 g/mol. The highest BCUT2D eigenvalue weighted by Crippen LogP contribution is 2.07. The third kappa shape index (κ3) is 2.60. The number of rotatable bonds is 3. The molecule has 0 aromatic rings. The van der Waals surface area contributed by atoms with Crippen LogP contribution in [-0.4, -0.2) is 53.2 Å². The second kappa shape index (κ2) is 4.99. The molecule has 15 heavy (non-hydrogen) atoms. The Morgan fingerprint density at radius 3 is 2.47 bits per heavy atom. The number of carbonyl (C=O) groups excluding carboxylic acids is 2. The molecule has 0 aromatic heterocycles. The first-order valence-corrected chi connectivity index (χ1v) is 5.15. The molecule has 0 spiro atoms. The normalized spacial score (nSPS) is 19.0. The van der Waals surface area contributed by atoms with Crippen LogP contribution in [-0.2, 0) is 9.59 Å². The summed E-state index contributed by atoms with van der Waals surface area (Å²) in [6.45, 7) is 3.42. The molecule has 1 rings (SSSR count). The van der Waals surface area contributed by atoms with Crippen LogP contribution in [0.5, 0.6) is 0 Å². The van der Waals surface area contributed by atoms with Crippen molar-refractivity contribution in [2.45, 2.75) is 12.3 Å². The predicted molar refractivity (Wildman–Crippen MR) is 54.1 cm³/mol. The number of nitrogens with zero attached hydrogens (tertiary/aromatic N) is 3. The summed E-state index contributed by atoms with van der Waals surface area (Å²) in [5.41, 5.74) is 0. The number of amides is 2. The Bertz CT molecular complexity index is 313. The lowest BCUT2D eigenvalue weighted by Gasteiger charge is -2.33. The van der Waals surface area contributed by atoms with Crippen LogP contribution in [0.15, 0.2) is 0 Å². The average Bonchev–Trinajstić information content (AvgIpc) is 2.25. The van der Waals surface area contributed by atoms with E-state index < -0.39 is 17.2 Å². The van der Waals surface area contributed by atoms with Crippen LogP contribution in [0.3, 0.4) is 0 Å². The molecule has 0 saturated carbocycles. The van der Waals surface area contributed by atoms with Crippen molar-refractivity contribution in [3.8, 4) is 6.07 Å². The molecule has 0 aliphatic carbocycles. The topological polar surface area (TPSA) is 64.4 Å². The van der Waals surface area contributed by atoms with Crippen molar-refractivity contribution in [1.82, 2.24) is 9.80 Å². The molecule has 0 aromatic carbocycles. The van der Waals surface area contributed by atoms with Crippen molar-refractivity contribution in [2.24, 2.45) is 0 Å². The Labute approximate surface area is 93.2 Å². The number of carbonyl (C=O) groups is 2. The molecule has 2 amide bonds. The number of alkyl halides is 1. The smallest absolute Gasteiger partial charge is 0.312 e. The first kappa shape index (κ1) is 11.8. The Morgan fingerprint density at radius 2 is 1.93 bits per heavy atom. The molecule has 0 radical (unpaired) electrons. The highest BCUT2D eigenvalue weighted by Gasteiger charge is 2.32. The van der Waals surface area contributed by atoms with E-state index in [0.717, 1.165) is 0 Å². The van der Waals surface area contributed by atoms with Gasteiger partial charge in [-0.2, -0.15) is 5.26 Å². The average molecular weight is 230 g/mol. The lowest BCUT2D eigenvalue weighted by atomic mass is 10.2. The number of likely N-dealkylation sites (N-methyl/N-ethyl adjacent to an activating group) is 1. The van der Waals surface area contributed by atoms with Crippen LogP contribution in [0.1, 0.15) is 6.92 Å². The van der Waals surface area contributed by atoms with E-state index in [2.05, 4.69) is 0 Å². The number of halogens is 1. The van der Waals surface area contributed by atoms with Crippen LogP contribution >= 0.6 is 11.6 Å². The minimum Gasteiger partial charge on any atom is -0.333 e. The summed E-state index contributed by atoms with van der Waals surface area (Å²) in [5.74, 6) is -1.07. The zero-order valence-electron chi connectivity index (χ0n) is 8.44. The van der Waals surface area contributed by atoms with Gasteiger partial charge in [-0.05, 0) is 6.92 Å². The zero-order valence-corrected chi connectivity index (χ0v) is 9.20. The summed E-state index contributed by atoms with van der Waals surface area (Å²) in [4.78, 5) is 25.8. The standard InChI is InChI=1S/C9H12ClN3O2/c1-2-12-3-4-13(6-7(10)5-11)9(15)8(12)14/h7H,2-4,6H2,1H3. The van der Waals surface area contributed by atoms with Crippen molar-refractivity contribution in [1.29, 1.82) is 5.26 Å². The van der Waals surface area contributed by atoms with Crippen LogP contribution in [0, 0.1) is 11.3 Å². The third-order valence-electron chi connectivity index (χ3n) is 2.30. The fourth-order valence-electron chi connectivity index (χ4n) is 1.43. The Hall–Kier alpha value is -1.28. The number of nitriles is 1. The maximum atomic E-state index is 11.5. The fraction of sp³-hybridized carbons (Fsp3) is 0.667. The van der Waals surface area contributed by atoms with E-state index in [-0.39, 0.29) is 6.54 Å². The predicted octanol–water partition coefficient (Wildman–Crippen LogP) is -0.192. The molecule has 1 unspecified atom stereocenters. The van der Waals surface area contributed by atoms with E-state index in [1.165, 1.54) is 9.80 Å². The van der Waals surface area contributed by atoms with Crippen molar-refractivity contribution in [3.05, 3.63) is 0 Å². The van der Waals surface area contributed by atoms with Gasteiger partial charge in [0.15, 0.2) is 0 Å². The van der Waals surface area contributed by atoms with Gasteiger partial charge in [-0.15, -0.1) is 11.6 Å². The maximum Gasteiger partial charge on any atom is 0.312 e. The van der Waals surface area contributed by atoms with Gasteiger partial charge < -0.3 is 9.80 Å². The highest BCUT2D eigenvalue weighted by atomic mass is 35.5. The van der Waals surface area contributed by atoms with Crippen LogP contribution < -0.4 is 0 Å². The number of piperazine rings is 1. The molecule has 0 bridgehead atoms. The van der Waals surface area contributed by atoms with Gasteiger partial charge in [-0.25, -0.2) is 0 Å². The van der Waals surface area contributed by atoms with E-state index in [9.17, 15) is 9.59 Å². The van der Waals surface area contributed by atoms with Gasteiger partial charge in [0.1, 0.15) is 5.38 Å². The molecule has 82 valence electrons. The molecule has 6 heteroatoms. The minimum absolute atomic E-state index is 0.111. The zero-order chi connectivity index (χ0) is 11.4. The van der Waals surface area contributed by atoms with E-state index in [1.54, 1.807) is 0 Å². The van der Waals surface area contributed by atoms with E-state index in [0.29, 0.717) is 19.6 Å². The second-order valence-corrected chi connectivity index (χ2v) is 3.76. The minimum atomic E-state index is -0.755. The molecular formula is C9H12ClN3O2. The van der Waals surface area contributed by atoms with Crippen LogP contribution in [0.4, 0.5) is 0 Å². The Balaban J connectivity index is 2.62. The molecule has 0 N–H and O–H groups in total. The third-order valence-corrected chi connectivity index (χ3v) is 2.54. The molecule has 1 atom stereocenters. The van der Waals surface area contributed by atoms with Gasteiger partial charge in [0, 0.05) is 19.6 Å². The maximum absolute atomic E-state index is 11.5. The second-order valence-electron chi connectivity index (χ2n) is 3.23. The summed E-state index contributed by atoms with van der Waals surface area (Å²) >= 11 is 5.60. The van der Waals surface area contributed by atoms with Crippen molar-refractivity contribution in [2.75, 3.05) is 26.2 Å². The van der Waals surface area contributed by atoms with E-state index >= 15 is 0 Å².